The number of hydrogen-bond acceptors (Lipinski definition) is 3. The lowest BCUT2D eigenvalue weighted by atomic mass is 9.73. The van der Waals surface area contributed by atoms with Gasteiger partial charge in [-0.1, -0.05) is 109 Å². The number of hydrogen-bond donors (Lipinski definition) is 1. The first-order valence-corrected chi connectivity index (χ1v) is 19.1. The van der Waals surface area contributed by atoms with E-state index in [1.165, 1.54) is 69.0 Å². The summed E-state index contributed by atoms with van der Waals surface area (Å²) in [5.41, 5.74) is 17.7. The van der Waals surface area contributed by atoms with Crippen LogP contribution < -0.4 is 15.0 Å². The summed E-state index contributed by atoms with van der Waals surface area (Å²) < 4.78 is 7.01. The second-order valence-electron chi connectivity index (χ2n) is 12.8. The van der Waals surface area contributed by atoms with Gasteiger partial charge < -0.3 is 10.5 Å². The van der Waals surface area contributed by atoms with Gasteiger partial charge in [0.25, 0.3) is 0 Å². The van der Waals surface area contributed by atoms with E-state index in [9.17, 15) is 0 Å². The highest BCUT2D eigenvalue weighted by atomic mass is 79.9. The maximum Gasteiger partial charge on any atom is 0.180 e. The van der Waals surface area contributed by atoms with Gasteiger partial charge >= 0.3 is 0 Å². The number of nitrogens with zero attached hydrogens (tertiary/aromatic N) is 1. The molecule has 47 heavy (non-hydrogen) atoms. The number of rotatable bonds is 12. The third-order valence-corrected chi connectivity index (χ3v) is 12.4. The summed E-state index contributed by atoms with van der Waals surface area (Å²) >= 11 is 5.53. The fraction of sp³-hybridized carbons (Fsp3) is 0.286. The topological polar surface area (TPSA) is 35.2 Å². The highest BCUT2D eigenvalue weighted by Gasteiger charge is 2.53. The Labute approximate surface area is 292 Å². The summed E-state index contributed by atoms with van der Waals surface area (Å²) in [6, 6.07) is 42.7. The number of unbranched alkanes of at least 4 members (excludes halogenated alkanes) is 3. The summed E-state index contributed by atoms with van der Waals surface area (Å²) in [4.78, 5) is 1.31. The first-order chi connectivity index (χ1) is 23.1. The van der Waals surface area contributed by atoms with Crippen molar-refractivity contribution in [2.45, 2.75) is 68.1 Å². The minimum absolute atomic E-state index is 0.0587. The first kappa shape index (κ1) is 32.1. The molecule has 0 saturated carbocycles. The molecule has 2 N–H and O–H groups in total. The van der Waals surface area contributed by atoms with Crippen molar-refractivity contribution in [3.05, 3.63) is 132 Å². The van der Waals surface area contributed by atoms with Gasteiger partial charge in [-0.3, -0.25) is 0 Å². The summed E-state index contributed by atoms with van der Waals surface area (Å²) in [6.45, 7) is 5.39. The van der Waals surface area contributed by atoms with Crippen LogP contribution in [0.25, 0.3) is 11.1 Å². The van der Waals surface area contributed by atoms with Crippen molar-refractivity contribution < 1.29 is 4.74 Å². The average molecular weight is 705 g/mol. The standard InChI is InChI=1S/C42H44BrN2OS/c1-3-42(4-2)37-27-30(21-23-35(37)36-24-22-31(44)28-38(36)42)41-45(32-15-8-7-9-16-32,39-19-10-11-20-40(39)47-41)33-17-14-18-34(29-33)46-26-13-6-5-12-25-43/h7-11,14-24,27-29,41H,3-6,12-13,25-26,44H2,1-2H3/q+1. The van der Waals surface area contributed by atoms with Gasteiger partial charge in [0.05, 0.1) is 11.5 Å². The molecule has 0 aromatic heterocycles. The predicted octanol–water partition coefficient (Wildman–Crippen LogP) is 12.5. The number of nitrogen functional groups attached to an aromatic ring is 1. The van der Waals surface area contributed by atoms with Gasteiger partial charge in [-0.2, -0.15) is 0 Å². The second-order valence-corrected chi connectivity index (χ2v) is 14.8. The molecule has 0 bridgehead atoms. The zero-order chi connectivity index (χ0) is 32.4. The summed E-state index contributed by atoms with van der Waals surface area (Å²) in [5.74, 6) is 0.933. The molecule has 2 unspecified atom stereocenters. The molecule has 0 amide bonds. The number of para-hydroxylation sites is 2. The molecule has 2 aliphatic rings. The molecule has 2 atom stereocenters. The first-order valence-electron chi connectivity index (χ1n) is 17.1. The Morgan fingerprint density at radius 2 is 1.43 bits per heavy atom. The monoisotopic (exact) mass is 703 g/mol. The number of nitrogens with two attached hydrogens (primary N) is 1. The van der Waals surface area contributed by atoms with E-state index in [-0.39, 0.29) is 10.8 Å². The van der Waals surface area contributed by atoms with Crippen molar-refractivity contribution in [2.75, 3.05) is 17.7 Å². The Balaban J connectivity index is 1.38. The lowest BCUT2D eigenvalue weighted by Gasteiger charge is -2.39. The number of thioether (sulfide) groups is 1. The normalized spacial score (nSPS) is 18.8. The lowest BCUT2D eigenvalue weighted by Crippen LogP contribution is -2.38. The molecule has 1 aliphatic heterocycles. The van der Waals surface area contributed by atoms with E-state index in [4.69, 9.17) is 10.5 Å². The van der Waals surface area contributed by atoms with E-state index in [0.717, 1.165) is 42.6 Å². The maximum atomic E-state index is 6.42. The van der Waals surface area contributed by atoms with Gasteiger partial charge in [-0.25, -0.2) is 4.48 Å². The average Bonchev–Trinajstić information content (AvgIpc) is 3.61. The van der Waals surface area contributed by atoms with E-state index >= 15 is 0 Å². The second kappa shape index (κ2) is 13.5. The zero-order valence-corrected chi connectivity index (χ0v) is 29.8. The quantitative estimate of drug-likeness (QED) is 0.0608. The highest BCUT2D eigenvalue weighted by molar-refractivity contribution is 9.09. The Hall–Kier alpha value is -3.51. The van der Waals surface area contributed by atoms with Crippen LogP contribution >= 0.6 is 27.7 Å². The third-order valence-electron chi connectivity index (χ3n) is 10.4. The molecule has 5 aromatic rings. The van der Waals surface area contributed by atoms with E-state index in [0.29, 0.717) is 4.48 Å². The summed E-state index contributed by atoms with van der Waals surface area (Å²) in [7, 11) is 0. The molecule has 5 aromatic carbocycles. The van der Waals surface area contributed by atoms with E-state index in [1.54, 1.807) is 0 Å². The SMILES string of the molecule is CCC1(CC)c2cc(N)ccc2-c2ccc(C3Sc4ccccc4[N+]3(c3ccccc3)c3cccc(OCCCCCCBr)c3)cc21. The number of halogens is 1. The predicted molar refractivity (Wildman–Crippen MR) is 204 cm³/mol. The zero-order valence-electron chi connectivity index (χ0n) is 27.4. The van der Waals surface area contributed by atoms with E-state index in [1.807, 2.05) is 11.8 Å². The molecule has 1 heterocycles. The van der Waals surface area contributed by atoms with Gasteiger partial charge in [0.1, 0.15) is 17.1 Å². The Bertz CT molecular complexity index is 1870. The van der Waals surface area contributed by atoms with Crippen LogP contribution in [0.4, 0.5) is 22.7 Å². The molecule has 1 aliphatic carbocycles. The van der Waals surface area contributed by atoms with E-state index in [2.05, 4.69) is 145 Å². The van der Waals surface area contributed by atoms with Crippen LogP contribution in [0.2, 0.25) is 0 Å². The Morgan fingerprint density at radius 1 is 0.723 bits per heavy atom. The summed E-state index contributed by atoms with van der Waals surface area (Å²) in [5, 5.41) is 1.14. The van der Waals surface area contributed by atoms with Gasteiger partial charge in [-0.05, 0) is 78.3 Å². The number of benzene rings is 5. The van der Waals surface area contributed by atoms with Crippen molar-refractivity contribution in [3.8, 4) is 16.9 Å². The molecule has 5 heteroatoms. The van der Waals surface area contributed by atoms with Crippen LogP contribution in [0.15, 0.2) is 120 Å². The van der Waals surface area contributed by atoms with Gasteiger partial charge in [0.15, 0.2) is 11.1 Å². The molecule has 0 fully saturated rings. The number of alkyl halides is 1. The van der Waals surface area contributed by atoms with Crippen molar-refractivity contribution in [1.29, 1.82) is 0 Å². The fourth-order valence-electron chi connectivity index (χ4n) is 8.06. The Kier molecular flexibility index (Phi) is 9.24. The van der Waals surface area contributed by atoms with Gasteiger partial charge in [0, 0.05) is 52.3 Å². The number of anilines is 1. The van der Waals surface area contributed by atoms with Crippen LogP contribution in [0.1, 0.15) is 74.4 Å². The van der Waals surface area contributed by atoms with Gasteiger partial charge in [-0.15, -0.1) is 0 Å². The number of quaternary nitrogens is 1. The maximum absolute atomic E-state index is 6.42. The van der Waals surface area contributed by atoms with Crippen molar-refractivity contribution in [1.82, 2.24) is 4.48 Å². The molecule has 3 nitrogen and oxygen atoms in total. The molecule has 240 valence electrons. The van der Waals surface area contributed by atoms with Crippen LogP contribution in [0.3, 0.4) is 0 Å². The molecular formula is C42H44BrN2OS+. The third kappa shape index (κ3) is 5.41. The Morgan fingerprint density at radius 3 is 2.21 bits per heavy atom. The molecular weight excluding hydrogens is 660 g/mol. The van der Waals surface area contributed by atoms with E-state index < -0.39 is 0 Å². The minimum Gasteiger partial charge on any atom is -0.493 e. The largest absolute Gasteiger partial charge is 0.493 e. The van der Waals surface area contributed by atoms with Crippen molar-refractivity contribution in [2.24, 2.45) is 0 Å². The lowest BCUT2D eigenvalue weighted by molar-refractivity contribution is 0.304. The van der Waals surface area contributed by atoms with Crippen LogP contribution in [0, 0.1) is 0 Å². The van der Waals surface area contributed by atoms with Crippen LogP contribution in [-0.4, -0.2) is 11.9 Å². The molecule has 0 spiro atoms. The number of ether oxygens (including phenoxy) is 1. The fourth-order valence-corrected chi connectivity index (χ4v) is 9.98. The van der Waals surface area contributed by atoms with Crippen LogP contribution in [-0.2, 0) is 5.41 Å². The van der Waals surface area contributed by atoms with Crippen molar-refractivity contribution >= 4 is 50.4 Å². The van der Waals surface area contributed by atoms with Crippen molar-refractivity contribution in [3.63, 3.8) is 0 Å². The smallest absolute Gasteiger partial charge is 0.180 e. The highest BCUT2D eigenvalue weighted by Crippen LogP contribution is 2.65. The minimum atomic E-state index is -0.0587. The molecule has 0 saturated heterocycles. The molecule has 0 radical (unpaired) electrons. The summed E-state index contributed by atoms with van der Waals surface area (Å²) in [6.07, 6.45) is 6.76. The van der Waals surface area contributed by atoms with Crippen LogP contribution in [0.5, 0.6) is 5.75 Å². The van der Waals surface area contributed by atoms with Gasteiger partial charge in [0.2, 0.25) is 0 Å². The molecule has 7 rings (SSSR count). The number of fused-ring (bicyclic) bond motifs is 4.